The molecular formula is C18H14Cl2N2O4. The van der Waals surface area contributed by atoms with Gasteiger partial charge in [-0.15, -0.1) is 0 Å². The smallest absolute Gasteiger partial charge is 0.414 e. The number of nitrogens with zero attached hydrogens (tertiary/aromatic N) is 2. The third-order valence-electron chi connectivity index (χ3n) is 4.47. The molecule has 0 bridgehead atoms. The molecule has 2 aromatic carbocycles. The molecule has 0 N–H and O–H groups in total. The largest absolute Gasteiger partial charge is 0.447 e. The minimum Gasteiger partial charge on any atom is -0.447 e. The molecule has 2 aliphatic heterocycles. The number of hydrogen-bond acceptors (Lipinski definition) is 4. The molecule has 0 aliphatic carbocycles. The number of anilines is 2. The Morgan fingerprint density at radius 3 is 1.38 bits per heavy atom. The predicted molar refractivity (Wildman–Crippen MR) is 98.1 cm³/mol. The standard InChI is InChI=1S/C18H14Cl2N2O4/c19-11-1-5-13(6-2-11)21-15(9-25-17(21)23)16-10-26-18(24)22(16)14-7-3-12(20)4-8-14/h1-8,15-16H,9-10H2/t15-,16-/m1/s1. The van der Waals surface area contributed by atoms with Crippen LogP contribution in [0.15, 0.2) is 48.5 Å². The lowest BCUT2D eigenvalue weighted by atomic mass is 10.1. The maximum atomic E-state index is 12.3. The Morgan fingerprint density at radius 1 is 0.692 bits per heavy atom. The van der Waals surface area contributed by atoms with Crippen molar-refractivity contribution in [2.45, 2.75) is 12.1 Å². The highest BCUT2D eigenvalue weighted by Crippen LogP contribution is 2.33. The number of carbonyl (C=O) groups is 2. The summed E-state index contributed by atoms with van der Waals surface area (Å²) in [6.07, 6.45) is -0.930. The van der Waals surface area contributed by atoms with Crippen molar-refractivity contribution in [2.75, 3.05) is 23.0 Å². The summed E-state index contributed by atoms with van der Waals surface area (Å²) >= 11 is 11.9. The number of cyclic esters (lactones) is 2. The SMILES string of the molecule is O=C1OC[C@H]([C@H]2COC(=O)N2c2ccc(Cl)cc2)N1c1ccc(Cl)cc1. The number of benzene rings is 2. The first-order valence-corrected chi connectivity index (χ1v) is 8.73. The van der Waals surface area contributed by atoms with Crippen molar-refractivity contribution in [1.82, 2.24) is 0 Å². The van der Waals surface area contributed by atoms with Crippen LogP contribution in [0.4, 0.5) is 21.0 Å². The highest BCUT2D eigenvalue weighted by Gasteiger charge is 2.47. The lowest BCUT2D eigenvalue weighted by Gasteiger charge is -2.30. The van der Waals surface area contributed by atoms with Gasteiger partial charge in [-0.25, -0.2) is 9.59 Å². The number of ether oxygens (including phenoxy) is 2. The van der Waals surface area contributed by atoms with Gasteiger partial charge in [0.15, 0.2) is 0 Å². The van der Waals surface area contributed by atoms with Crippen LogP contribution in [0.1, 0.15) is 0 Å². The molecule has 134 valence electrons. The van der Waals surface area contributed by atoms with E-state index in [2.05, 4.69) is 0 Å². The second-order valence-corrected chi connectivity index (χ2v) is 6.85. The summed E-state index contributed by atoms with van der Waals surface area (Å²) in [5.41, 5.74) is 1.30. The van der Waals surface area contributed by atoms with Gasteiger partial charge >= 0.3 is 12.2 Å². The van der Waals surface area contributed by atoms with Gasteiger partial charge in [-0.2, -0.15) is 0 Å². The molecule has 0 spiro atoms. The molecule has 6 nitrogen and oxygen atoms in total. The molecule has 2 aromatic rings. The second kappa shape index (κ2) is 6.70. The first kappa shape index (κ1) is 17.0. The number of rotatable bonds is 3. The number of amides is 2. The fraction of sp³-hybridized carbons (Fsp3) is 0.222. The molecule has 26 heavy (non-hydrogen) atoms. The third kappa shape index (κ3) is 2.95. The average molecular weight is 393 g/mol. The molecule has 0 unspecified atom stereocenters. The number of hydrogen-bond donors (Lipinski definition) is 0. The van der Waals surface area contributed by atoms with Crippen molar-refractivity contribution >= 4 is 46.8 Å². The Hall–Kier alpha value is -2.44. The molecule has 2 fully saturated rings. The van der Waals surface area contributed by atoms with Crippen LogP contribution in [0, 0.1) is 0 Å². The molecule has 2 heterocycles. The van der Waals surface area contributed by atoms with Gasteiger partial charge in [0.2, 0.25) is 0 Å². The van der Waals surface area contributed by atoms with Crippen molar-refractivity contribution in [1.29, 1.82) is 0 Å². The van der Waals surface area contributed by atoms with Crippen LogP contribution in [0.5, 0.6) is 0 Å². The van der Waals surface area contributed by atoms with Gasteiger partial charge in [0, 0.05) is 21.4 Å². The Labute approximate surface area is 159 Å². The monoisotopic (exact) mass is 392 g/mol. The van der Waals surface area contributed by atoms with E-state index in [4.69, 9.17) is 32.7 Å². The maximum Gasteiger partial charge on any atom is 0.414 e. The summed E-state index contributed by atoms with van der Waals surface area (Å²) < 4.78 is 10.5. The van der Waals surface area contributed by atoms with Gasteiger partial charge in [-0.1, -0.05) is 23.2 Å². The van der Waals surface area contributed by atoms with E-state index in [1.54, 1.807) is 48.5 Å². The van der Waals surface area contributed by atoms with Crippen LogP contribution in [-0.4, -0.2) is 37.5 Å². The van der Waals surface area contributed by atoms with Crippen LogP contribution >= 0.6 is 23.2 Å². The quantitative estimate of drug-likeness (QED) is 0.778. The van der Waals surface area contributed by atoms with Crippen molar-refractivity contribution in [3.05, 3.63) is 58.6 Å². The summed E-state index contributed by atoms with van der Waals surface area (Å²) in [6, 6.07) is 13.0. The molecule has 2 aliphatic rings. The zero-order valence-electron chi connectivity index (χ0n) is 13.5. The summed E-state index contributed by atoms with van der Waals surface area (Å²) in [5.74, 6) is 0. The van der Waals surface area contributed by atoms with E-state index in [0.29, 0.717) is 21.4 Å². The van der Waals surface area contributed by atoms with Gasteiger partial charge in [0.1, 0.15) is 13.2 Å². The lowest BCUT2D eigenvalue weighted by molar-refractivity contribution is 0.172. The first-order chi connectivity index (χ1) is 12.5. The Kier molecular flexibility index (Phi) is 4.38. The molecular weight excluding hydrogens is 379 g/mol. The van der Waals surface area contributed by atoms with E-state index >= 15 is 0 Å². The molecule has 2 saturated heterocycles. The number of halogens is 2. The molecule has 0 saturated carbocycles. The molecule has 8 heteroatoms. The van der Waals surface area contributed by atoms with E-state index in [9.17, 15) is 9.59 Å². The van der Waals surface area contributed by atoms with Crippen LogP contribution in [0.2, 0.25) is 10.0 Å². The van der Waals surface area contributed by atoms with Crippen molar-refractivity contribution in [3.63, 3.8) is 0 Å². The van der Waals surface area contributed by atoms with Crippen molar-refractivity contribution < 1.29 is 19.1 Å². The first-order valence-electron chi connectivity index (χ1n) is 7.98. The van der Waals surface area contributed by atoms with Gasteiger partial charge in [-0.3, -0.25) is 9.80 Å². The van der Waals surface area contributed by atoms with E-state index < -0.39 is 12.2 Å². The fourth-order valence-corrected chi connectivity index (χ4v) is 3.49. The molecule has 2 atom stereocenters. The highest BCUT2D eigenvalue weighted by atomic mass is 35.5. The third-order valence-corrected chi connectivity index (χ3v) is 4.97. The molecule has 4 rings (SSSR count). The molecule has 2 amide bonds. The van der Waals surface area contributed by atoms with Crippen LogP contribution in [0.3, 0.4) is 0 Å². The van der Waals surface area contributed by atoms with Gasteiger partial charge in [0.25, 0.3) is 0 Å². The fourth-order valence-electron chi connectivity index (χ4n) is 3.24. The van der Waals surface area contributed by atoms with E-state index in [1.165, 1.54) is 9.80 Å². The topological polar surface area (TPSA) is 59.1 Å². The summed E-state index contributed by atoms with van der Waals surface area (Å²) in [5, 5.41) is 1.14. The van der Waals surface area contributed by atoms with E-state index in [1.807, 2.05) is 0 Å². The van der Waals surface area contributed by atoms with Gasteiger partial charge in [0.05, 0.1) is 12.1 Å². The van der Waals surface area contributed by atoms with Crippen LogP contribution < -0.4 is 9.80 Å². The number of carbonyl (C=O) groups excluding carboxylic acids is 2. The lowest BCUT2D eigenvalue weighted by Crippen LogP contribution is -2.50. The van der Waals surface area contributed by atoms with Crippen molar-refractivity contribution in [2.24, 2.45) is 0 Å². The summed E-state index contributed by atoms with van der Waals surface area (Å²) in [4.78, 5) is 27.7. The van der Waals surface area contributed by atoms with Crippen LogP contribution in [0.25, 0.3) is 0 Å². The zero-order chi connectivity index (χ0) is 18.3. The molecule has 0 aromatic heterocycles. The Morgan fingerprint density at radius 2 is 1.04 bits per heavy atom. The van der Waals surface area contributed by atoms with Crippen molar-refractivity contribution in [3.8, 4) is 0 Å². The van der Waals surface area contributed by atoms with E-state index in [0.717, 1.165) is 0 Å². The summed E-state index contributed by atoms with van der Waals surface area (Å²) in [6.45, 7) is 0.319. The second-order valence-electron chi connectivity index (χ2n) is 5.98. The zero-order valence-corrected chi connectivity index (χ0v) is 15.0. The van der Waals surface area contributed by atoms with Gasteiger partial charge < -0.3 is 9.47 Å². The minimum atomic E-state index is -0.465. The average Bonchev–Trinajstić information content (AvgIpc) is 3.19. The Bertz CT molecular complexity index is 770. The maximum absolute atomic E-state index is 12.3. The molecule has 0 radical (unpaired) electrons. The van der Waals surface area contributed by atoms with Crippen LogP contribution in [-0.2, 0) is 9.47 Å². The minimum absolute atomic E-state index is 0.160. The van der Waals surface area contributed by atoms with Gasteiger partial charge in [-0.05, 0) is 48.5 Å². The normalized spacial score (nSPS) is 22.5. The highest BCUT2D eigenvalue weighted by molar-refractivity contribution is 6.31. The van der Waals surface area contributed by atoms with E-state index in [-0.39, 0.29) is 25.3 Å². The Balaban J connectivity index is 1.67. The summed E-state index contributed by atoms with van der Waals surface area (Å²) in [7, 11) is 0. The predicted octanol–water partition coefficient (Wildman–Crippen LogP) is 4.34.